The molecule has 120 valence electrons. The van der Waals surface area contributed by atoms with Crippen LogP contribution in [0.25, 0.3) is 0 Å². The minimum Gasteiger partial charge on any atom is -0.317 e. The third-order valence-corrected chi connectivity index (χ3v) is 5.64. The van der Waals surface area contributed by atoms with Gasteiger partial charge in [-0.3, -0.25) is 9.48 Å². The van der Waals surface area contributed by atoms with E-state index in [0.717, 1.165) is 23.2 Å². The van der Waals surface area contributed by atoms with Crippen LogP contribution in [0, 0.1) is 13.8 Å². The number of anilines is 1. The summed E-state index contributed by atoms with van der Waals surface area (Å²) in [5, 5.41) is 9.04. The Labute approximate surface area is 134 Å². The number of nitrogens with zero attached hydrogens (tertiary/aromatic N) is 2. The Balaban J connectivity index is 2.04. The molecule has 2 aromatic rings. The zero-order valence-corrected chi connectivity index (χ0v) is 14.6. The topological polar surface area (TPSA) is 81.1 Å². The number of hydrogen-bond acceptors (Lipinski definition) is 5. The summed E-state index contributed by atoms with van der Waals surface area (Å²) < 4.78 is 25.0. The lowest BCUT2D eigenvalue weighted by Gasteiger charge is -2.06. The highest BCUT2D eigenvalue weighted by Gasteiger charge is 2.17. The van der Waals surface area contributed by atoms with E-state index in [-0.39, 0.29) is 17.2 Å². The smallest absolute Gasteiger partial charge is 0.225 e. The van der Waals surface area contributed by atoms with E-state index in [1.54, 1.807) is 10.1 Å². The molecule has 2 aromatic heterocycles. The van der Waals surface area contributed by atoms with Crippen LogP contribution in [0.15, 0.2) is 16.3 Å². The van der Waals surface area contributed by atoms with Crippen LogP contribution in [0.1, 0.15) is 23.4 Å². The minimum absolute atomic E-state index is 0.166. The molecule has 0 unspecified atom stereocenters. The van der Waals surface area contributed by atoms with Crippen LogP contribution >= 0.6 is 11.3 Å². The first-order valence-electron chi connectivity index (χ1n) is 6.76. The van der Waals surface area contributed by atoms with Crippen LogP contribution in [0.3, 0.4) is 0 Å². The fraction of sp³-hybridized carbons (Fsp3) is 0.429. The number of aryl methyl sites for hydroxylation is 2. The van der Waals surface area contributed by atoms with Crippen molar-refractivity contribution in [3.63, 3.8) is 0 Å². The monoisotopic (exact) mass is 341 g/mol. The molecule has 0 radical (unpaired) electrons. The summed E-state index contributed by atoms with van der Waals surface area (Å²) >= 11 is 1.21. The van der Waals surface area contributed by atoms with E-state index in [2.05, 4.69) is 10.4 Å². The minimum atomic E-state index is -3.33. The average molecular weight is 341 g/mol. The molecule has 0 saturated heterocycles. The van der Waals surface area contributed by atoms with Crippen LogP contribution in [-0.4, -0.2) is 30.4 Å². The van der Waals surface area contributed by atoms with Crippen LogP contribution in [0.5, 0.6) is 0 Å². The zero-order chi connectivity index (χ0) is 16.5. The van der Waals surface area contributed by atoms with Gasteiger partial charge in [-0.1, -0.05) is 0 Å². The molecule has 0 aliphatic heterocycles. The maximum Gasteiger partial charge on any atom is 0.225 e. The molecule has 0 aromatic carbocycles. The number of amides is 1. The fourth-order valence-corrected chi connectivity index (χ4v) is 4.37. The molecule has 0 atom stereocenters. The highest BCUT2D eigenvalue weighted by atomic mass is 32.2. The Morgan fingerprint density at radius 2 is 2.09 bits per heavy atom. The van der Waals surface area contributed by atoms with Gasteiger partial charge in [0.15, 0.2) is 9.84 Å². The van der Waals surface area contributed by atoms with Gasteiger partial charge in [0.1, 0.15) is 9.90 Å². The standard InChI is InChI=1S/C14H19N3O3S2/c1-9-11(10(2)17(3)16-9)5-6-13(18)15-14-12(7-8-21-14)22(4,19)20/h7-8H,5-6H2,1-4H3,(H,15,18). The van der Waals surface area contributed by atoms with E-state index >= 15 is 0 Å². The van der Waals surface area contributed by atoms with E-state index in [1.807, 2.05) is 20.9 Å². The molecular weight excluding hydrogens is 322 g/mol. The molecule has 0 fully saturated rings. The Morgan fingerprint density at radius 1 is 1.41 bits per heavy atom. The Kier molecular flexibility index (Phi) is 4.72. The number of nitrogens with one attached hydrogen (secondary N) is 1. The second-order valence-electron chi connectivity index (χ2n) is 5.21. The number of aromatic nitrogens is 2. The summed E-state index contributed by atoms with van der Waals surface area (Å²) in [4.78, 5) is 12.2. The molecule has 1 N–H and O–H groups in total. The molecule has 2 rings (SSSR count). The Bertz CT molecular complexity index is 803. The van der Waals surface area contributed by atoms with Crippen molar-refractivity contribution in [2.75, 3.05) is 11.6 Å². The van der Waals surface area contributed by atoms with Crippen LogP contribution in [0.4, 0.5) is 5.00 Å². The summed E-state index contributed by atoms with van der Waals surface area (Å²) in [6.07, 6.45) is 2.00. The van der Waals surface area contributed by atoms with Gasteiger partial charge in [-0.05, 0) is 37.3 Å². The molecular formula is C14H19N3O3S2. The van der Waals surface area contributed by atoms with Crippen LogP contribution < -0.4 is 5.32 Å². The molecule has 0 aliphatic rings. The normalized spacial score (nSPS) is 11.6. The largest absolute Gasteiger partial charge is 0.317 e. The SMILES string of the molecule is Cc1nn(C)c(C)c1CCC(=O)Nc1sccc1S(C)(=O)=O. The summed E-state index contributed by atoms with van der Waals surface area (Å²) in [7, 11) is -1.46. The van der Waals surface area contributed by atoms with Gasteiger partial charge in [0, 0.05) is 25.4 Å². The number of sulfone groups is 1. The summed E-state index contributed by atoms with van der Waals surface area (Å²) in [5.41, 5.74) is 3.02. The van der Waals surface area contributed by atoms with Gasteiger partial charge in [0.05, 0.1) is 5.69 Å². The second-order valence-corrected chi connectivity index (χ2v) is 8.11. The van der Waals surface area contributed by atoms with E-state index in [1.165, 1.54) is 17.4 Å². The quantitative estimate of drug-likeness (QED) is 0.903. The molecule has 0 bridgehead atoms. The molecule has 0 saturated carbocycles. The fourth-order valence-electron chi connectivity index (χ4n) is 2.29. The van der Waals surface area contributed by atoms with Gasteiger partial charge in [0.25, 0.3) is 0 Å². The summed E-state index contributed by atoms with van der Waals surface area (Å²) in [6.45, 7) is 3.88. The van der Waals surface area contributed by atoms with Gasteiger partial charge in [-0.15, -0.1) is 11.3 Å². The van der Waals surface area contributed by atoms with Crippen molar-refractivity contribution in [1.29, 1.82) is 0 Å². The van der Waals surface area contributed by atoms with Crippen LogP contribution in [0.2, 0.25) is 0 Å². The third-order valence-electron chi connectivity index (χ3n) is 3.54. The highest BCUT2D eigenvalue weighted by molar-refractivity contribution is 7.91. The molecule has 6 nitrogen and oxygen atoms in total. The first-order chi connectivity index (χ1) is 10.2. The number of rotatable bonds is 5. The van der Waals surface area contributed by atoms with Gasteiger partial charge in [-0.25, -0.2) is 8.42 Å². The van der Waals surface area contributed by atoms with Crippen molar-refractivity contribution >= 4 is 32.1 Å². The maximum atomic E-state index is 12.1. The molecule has 0 aliphatic carbocycles. The number of carbonyl (C=O) groups is 1. The number of thiophene rings is 1. The lowest BCUT2D eigenvalue weighted by atomic mass is 10.1. The van der Waals surface area contributed by atoms with Crippen molar-refractivity contribution < 1.29 is 13.2 Å². The first kappa shape index (κ1) is 16.7. The second kappa shape index (κ2) is 6.21. The molecule has 1 amide bonds. The van der Waals surface area contributed by atoms with Crippen molar-refractivity contribution in [3.8, 4) is 0 Å². The highest BCUT2D eigenvalue weighted by Crippen LogP contribution is 2.27. The van der Waals surface area contributed by atoms with Crippen molar-refractivity contribution in [2.24, 2.45) is 7.05 Å². The Hall–Kier alpha value is -1.67. The van der Waals surface area contributed by atoms with Gasteiger partial charge in [0.2, 0.25) is 5.91 Å². The van der Waals surface area contributed by atoms with Gasteiger partial charge < -0.3 is 5.32 Å². The maximum absolute atomic E-state index is 12.1. The van der Waals surface area contributed by atoms with E-state index in [4.69, 9.17) is 0 Å². The van der Waals surface area contributed by atoms with Crippen molar-refractivity contribution in [2.45, 2.75) is 31.6 Å². The van der Waals surface area contributed by atoms with Crippen molar-refractivity contribution in [3.05, 3.63) is 28.4 Å². The first-order valence-corrected chi connectivity index (χ1v) is 9.53. The molecule has 22 heavy (non-hydrogen) atoms. The number of hydrogen-bond donors (Lipinski definition) is 1. The number of carbonyl (C=O) groups excluding carboxylic acids is 1. The van der Waals surface area contributed by atoms with Crippen molar-refractivity contribution in [1.82, 2.24) is 9.78 Å². The summed E-state index contributed by atoms with van der Waals surface area (Å²) in [5.74, 6) is -0.199. The third kappa shape index (κ3) is 3.56. The van der Waals surface area contributed by atoms with Crippen LogP contribution in [-0.2, 0) is 28.1 Å². The predicted molar refractivity (Wildman–Crippen MR) is 87.1 cm³/mol. The van der Waals surface area contributed by atoms with E-state index in [0.29, 0.717) is 11.4 Å². The lowest BCUT2D eigenvalue weighted by Crippen LogP contribution is -2.13. The molecule has 8 heteroatoms. The summed E-state index contributed by atoms with van der Waals surface area (Å²) in [6, 6.07) is 1.50. The predicted octanol–water partition coefficient (Wildman–Crippen LogP) is 2.07. The average Bonchev–Trinajstić information content (AvgIpc) is 2.94. The van der Waals surface area contributed by atoms with Gasteiger partial charge in [-0.2, -0.15) is 5.10 Å². The zero-order valence-electron chi connectivity index (χ0n) is 13.0. The lowest BCUT2D eigenvalue weighted by molar-refractivity contribution is -0.116. The Morgan fingerprint density at radius 3 is 2.64 bits per heavy atom. The van der Waals surface area contributed by atoms with Gasteiger partial charge >= 0.3 is 0 Å². The molecule has 2 heterocycles. The molecule has 0 spiro atoms. The van der Waals surface area contributed by atoms with E-state index < -0.39 is 9.84 Å². The van der Waals surface area contributed by atoms with E-state index in [9.17, 15) is 13.2 Å².